The van der Waals surface area contributed by atoms with Crippen molar-refractivity contribution in [3.63, 3.8) is 0 Å². The number of nitrogens with zero attached hydrogens (tertiary/aromatic N) is 1. The van der Waals surface area contributed by atoms with Crippen molar-refractivity contribution in [1.82, 2.24) is 4.90 Å². The summed E-state index contributed by atoms with van der Waals surface area (Å²) in [6, 6.07) is 9.82. The van der Waals surface area contributed by atoms with Gasteiger partial charge in [-0.3, -0.25) is 4.90 Å². The van der Waals surface area contributed by atoms with Gasteiger partial charge < -0.3 is 10.2 Å². The minimum absolute atomic E-state index is 0.122. The molecule has 2 N–H and O–H groups in total. The Labute approximate surface area is 132 Å². The van der Waals surface area contributed by atoms with Gasteiger partial charge in [-0.05, 0) is 36.4 Å². The van der Waals surface area contributed by atoms with Crippen LogP contribution in [0.25, 0.3) is 0 Å². The molecule has 1 atom stereocenters. The summed E-state index contributed by atoms with van der Waals surface area (Å²) in [5.41, 5.74) is 7.13. The average Bonchev–Trinajstić information content (AvgIpc) is 2.93. The summed E-state index contributed by atoms with van der Waals surface area (Å²) >= 11 is 9.58. The number of likely N-dealkylation sites (N-methyl/N-ethyl adjacent to an activating group) is 1. The molecule has 1 aromatic heterocycles. The van der Waals surface area contributed by atoms with Crippen LogP contribution < -0.4 is 5.73 Å². The number of nitrogens with two attached hydrogens (primary N) is 1. The Bertz CT molecular complexity index is 545. The van der Waals surface area contributed by atoms with Crippen molar-refractivity contribution in [3.8, 4) is 0 Å². The molecule has 2 rings (SSSR count). The highest BCUT2D eigenvalue weighted by atomic mass is 79.9. The van der Waals surface area contributed by atoms with Gasteiger partial charge in [-0.2, -0.15) is 0 Å². The molecule has 5 heteroatoms. The maximum Gasteiger partial charge on any atom is 0.117 e. The second-order valence-corrected chi connectivity index (χ2v) is 5.85. The summed E-state index contributed by atoms with van der Waals surface area (Å²) in [4.78, 5) is 2.28. The molecule has 1 unspecified atom stereocenters. The SMILES string of the molecule is CCN(Cc1ccco1)C(CN)c1ccc(Cl)cc1Br. The molecular formula is C15H18BrClN2O. The Morgan fingerprint density at radius 2 is 2.20 bits per heavy atom. The van der Waals surface area contributed by atoms with E-state index in [-0.39, 0.29) is 6.04 Å². The zero-order valence-electron chi connectivity index (χ0n) is 11.4. The minimum Gasteiger partial charge on any atom is -0.468 e. The van der Waals surface area contributed by atoms with Gasteiger partial charge in [-0.25, -0.2) is 0 Å². The third-order valence-corrected chi connectivity index (χ3v) is 4.25. The topological polar surface area (TPSA) is 42.4 Å². The van der Waals surface area contributed by atoms with Crippen molar-refractivity contribution in [2.45, 2.75) is 19.5 Å². The maximum atomic E-state index is 6.00. The van der Waals surface area contributed by atoms with E-state index in [4.69, 9.17) is 21.8 Å². The van der Waals surface area contributed by atoms with Gasteiger partial charge in [-0.1, -0.05) is 40.5 Å². The van der Waals surface area contributed by atoms with Crippen LogP contribution in [0.15, 0.2) is 45.5 Å². The number of benzene rings is 1. The van der Waals surface area contributed by atoms with Crippen LogP contribution in [-0.2, 0) is 6.54 Å². The average molecular weight is 358 g/mol. The number of rotatable bonds is 6. The zero-order chi connectivity index (χ0) is 14.5. The fraction of sp³-hybridized carbons (Fsp3) is 0.333. The van der Waals surface area contributed by atoms with Gasteiger partial charge in [0.1, 0.15) is 5.76 Å². The fourth-order valence-electron chi connectivity index (χ4n) is 2.29. The highest BCUT2D eigenvalue weighted by Gasteiger charge is 2.21. The molecule has 0 amide bonds. The van der Waals surface area contributed by atoms with E-state index < -0.39 is 0 Å². The lowest BCUT2D eigenvalue weighted by molar-refractivity contribution is 0.187. The first-order chi connectivity index (χ1) is 9.65. The van der Waals surface area contributed by atoms with Crippen molar-refractivity contribution in [1.29, 1.82) is 0 Å². The van der Waals surface area contributed by atoms with E-state index in [0.717, 1.165) is 28.9 Å². The van der Waals surface area contributed by atoms with Crippen LogP contribution in [0.2, 0.25) is 5.02 Å². The van der Waals surface area contributed by atoms with E-state index >= 15 is 0 Å². The molecule has 1 heterocycles. The van der Waals surface area contributed by atoms with Crippen LogP contribution in [0.5, 0.6) is 0 Å². The molecule has 0 spiro atoms. The summed E-state index contributed by atoms with van der Waals surface area (Å²) in [5, 5.41) is 0.713. The van der Waals surface area contributed by atoms with E-state index in [1.165, 1.54) is 0 Å². The highest BCUT2D eigenvalue weighted by molar-refractivity contribution is 9.10. The third kappa shape index (κ3) is 3.64. The lowest BCUT2D eigenvalue weighted by Crippen LogP contribution is -2.33. The Balaban J connectivity index is 2.24. The second-order valence-electron chi connectivity index (χ2n) is 4.56. The molecule has 0 aliphatic carbocycles. The van der Waals surface area contributed by atoms with Gasteiger partial charge in [0, 0.05) is 22.1 Å². The van der Waals surface area contributed by atoms with Gasteiger partial charge >= 0.3 is 0 Å². The molecule has 0 radical (unpaired) electrons. The summed E-state index contributed by atoms with van der Waals surface area (Å²) in [5.74, 6) is 0.940. The smallest absolute Gasteiger partial charge is 0.117 e. The normalized spacial score (nSPS) is 12.8. The van der Waals surface area contributed by atoms with Crippen molar-refractivity contribution < 1.29 is 4.42 Å². The van der Waals surface area contributed by atoms with Crippen LogP contribution in [0.3, 0.4) is 0 Å². The molecular weight excluding hydrogens is 340 g/mol. The van der Waals surface area contributed by atoms with Crippen LogP contribution in [0, 0.1) is 0 Å². The van der Waals surface area contributed by atoms with Crippen molar-refractivity contribution >= 4 is 27.5 Å². The van der Waals surface area contributed by atoms with Crippen LogP contribution in [-0.4, -0.2) is 18.0 Å². The number of hydrogen-bond donors (Lipinski definition) is 1. The fourth-order valence-corrected chi connectivity index (χ4v) is 3.24. The van der Waals surface area contributed by atoms with Crippen molar-refractivity contribution in [2.24, 2.45) is 5.73 Å². The monoisotopic (exact) mass is 356 g/mol. The standard InChI is InChI=1S/C15H18BrClN2O/c1-2-19(10-12-4-3-7-20-12)15(9-18)13-6-5-11(17)8-14(13)16/h3-8,15H,2,9-10,18H2,1H3. The molecule has 2 aromatic rings. The summed E-state index contributed by atoms with van der Waals surface area (Å²) in [6.45, 7) is 4.28. The Morgan fingerprint density at radius 3 is 2.75 bits per heavy atom. The zero-order valence-corrected chi connectivity index (χ0v) is 13.7. The first-order valence-electron chi connectivity index (χ1n) is 6.57. The predicted octanol–water partition coefficient (Wildman–Crippen LogP) is 4.22. The van der Waals surface area contributed by atoms with E-state index in [1.54, 1.807) is 6.26 Å². The lowest BCUT2D eigenvalue weighted by atomic mass is 10.1. The van der Waals surface area contributed by atoms with Gasteiger partial charge in [0.05, 0.1) is 12.8 Å². The van der Waals surface area contributed by atoms with Crippen LogP contribution in [0.1, 0.15) is 24.3 Å². The Kier molecular flexibility index (Phi) is 5.66. The van der Waals surface area contributed by atoms with Gasteiger partial charge in [0.25, 0.3) is 0 Å². The predicted molar refractivity (Wildman–Crippen MR) is 85.7 cm³/mol. The molecule has 0 aliphatic rings. The third-order valence-electron chi connectivity index (χ3n) is 3.33. The van der Waals surface area contributed by atoms with Gasteiger partial charge in [-0.15, -0.1) is 0 Å². The van der Waals surface area contributed by atoms with E-state index in [1.807, 2.05) is 30.3 Å². The minimum atomic E-state index is 0.122. The van der Waals surface area contributed by atoms with Crippen LogP contribution in [0.4, 0.5) is 0 Å². The summed E-state index contributed by atoms with van der Waals surface area (Å²) < 4.78 is 6.41. The summed E-state index contributed by atoms with van der Waals surface area (Å²) in [6.07, 6.45) is 1.69. The van der Waals surface area contributed by atoms with E-state index in [0.29, 0.717) is 11.6 Å². The van der Waals surface area contributed by atoms with Gasteiger partial charge in [0.2, 0.25) is 0 Å². The molecule has 0 aliphatic heterocycles. The first-order valence-corrected chi connectivity index (χ1v) is 7.74. The molecule has 0 saturated heterocycles. The first kappa shape index (κ1) is 15.6. The van der Waals surface area contributed by atoms with E-state index in [2.05, 4.69) is 27.8 Å². The number of hydrogen-bond acceptors (Lipinski definition) is 3. The molecule has 20 heavy (non-hydrogen) atoms. The molecule has 0 fully saturated rings. The van der Waals surface area contributed by atoms with Crippen LogP contribution >= 0.6 is 27.5 Å². The molecule has 3 nitrogen and oxygen atoms in total. The second kappa shape index (κ2) is 7.27. The molecule has 108 valence electrons. The Morgan fingerprint density at radius 1 is 1.40 bits per heavy atom. The largest absolute Gasteiger partial charge is 0.468 e. The molecule has 0 saturated carbocycles. The van der Waals surface area contributed by atoms with Gasteiger partial charge in [0.15, 0.2) is 0 Å². The van der Waals surface area contributed by atoms with E-state index in [9.17, 15) is 0 Å². The van der Waals surface area contributed by atoms with Crippen molar-refractivity contribution in [2.75, 3.05) is 13.1 Å². The lowest BCUT2D eigenvalue weighted by Gasteiger charge is -2.30. The maximum absolute atomic E-state index is 6.00. The summed E-state index contributed by atoms with van der Waals surface area (Å²) in [7, 11) is 0. The van der Waals surface area contributed by atoms with Crippen molar-refractivity contribution in [3.05, 3.63) is 57.4 Å². The quantitative estimate of drug-likeness (QED) is 0.842. The molecule has 0 bridgehead atoms. The Hall–Kier alpha value is -0.810. The highest BCUT2D eigenvalue weighted by Crippen LogP contribution is 2.30. The number of furan rings is 1. The molecule has 1 aromatic carbocycles. The number of halogens is 2.